The van der Waals surface area contributed by atoms with Crippen LogP contribution in [0.2, 0.25) is 0 Å². The summed E-state index contributed by atoms with van der Waals surface area (Å²) < 4.78 is 32.9. The van der Waals surface area contributed by atoms with E-state index in [1.165, 1.54) is 4.90 Å². The minimum atomic E-state index is -2.93. The Morgan fingerprint density at radius 2 is 2.04 bits per heavy atom. The van der Waals surface area contributed by atoms with Crippen LogP contribution in [0.25, 0.3) is 0 Å². The molecule has 1 fully saturated rings. The van der Waals surface area contributed by atoms with Crippen LogP contribution in [-0.4, -0.2) is 48.1 Å². The zero-order valence-electron chi connectivity index (χ0n) is 14.4. The Bertz CT molecular complexity index is 584. The number of halogens is 2. The predicted molar refractivity (Wildman–Crippen MR) is 87.4 cm³/mol. The Labute approximate surface area is 141 Å². The van der Waals surface area contributed by atoms with Crippen LogP contribution >= 0.6 is 0 Å². The minimum Gasteiger partial charge on any atom is -0.483 e. The smallest absolute Gasteiger partial charge is 0.260 e. The Morgan fingerprint density at radius 1 is 1.38 bits per heavy atom. The van der Waals surface area contributed by atoms with Crippen LogP contribution in [0.5, 0.6) is 5.75 Å². The molecule has 1 N–H and O–H groups in total. The van der Waals surface area contributed by atoms with E-state index in [1.54, 1.807) is 6.07 Å². The van der Waals surface area contributed by atoms with Crippen LogP contribution < -0.4 is 4.74 Å². The number of hydrogen-bond acceptors (Lipinski definition) is 3. The molecular weight excluding hydrogens is 316 g/mol. The van der Waals surface area contributed by atoms with E-state index in [9.17, 15) is 13.6 Å². The van der Waals surface area contributed by atoms with Crippen LogP contribution in [0.1, 0.15) is 32.8 Å². The summed E-state index contributed by atoms with van der Waals surface area (Å²) in [4.78, 5) is 13.6. The van der Waals surface area contributed by atoms with Gasteiger partial charge in [0.15, 0.2) is 6.61 Å². The summed E-state index contributed by atoms with van der Waals surface area (Å²) in [5.41, 5.74) is 0.852. The number of piperidine rings is 1. The molecule has 0 radical (unpaired) electrons. The zero-order valence-corrected chi connectivity index (χ0v) is 14.4. The largest absolute Gasteiger partial charge is 0.483 e. The van der Waals surface area contributed by atoms with Gasteiger partial charge in [-0.2, -0.15) is 0 Å². The maximum absolute atomic E-state index is 13.6. The van der Waals surface area contributed by atoms with E-state index in [0.29, 0.717) is 5.75 Å². The van der Waals surface area contributed by atoms with Gasteiger partial charge in [-0.05, 0) is 17.0 Å². The van der Waals surface area contributed by atoms with Gasteiger partial charge >= 0.3 is 0 Å². The van der Waals surface area contributed by atoms with Crippen molar-refractivity contribution in [2.45, 2.75) is 38.5 Å². The Hall–Kier alpha value is -1.69. The summed E-state index contributed by atoms with van der Waals surface area (Å²) >= 11 is 0. The lowest BCUT2D eigenvalue weighted by atomic mass is 9.86. The normalized spacial score (nSPS) is 20.8. The molecule has 134 valence electrons. The first kappa shape index (κ1) is 18.6. The van der Waals surface area contributed by atoms with Crippen LogP contribution in [0.4, 0.5) is 8.78 Å². The average molecular weight is 341 g/mol. The van der Waals surface area contributed by atoms with Crippen molar-refractivity contribution in [3.05, 3.63) is 29.8 Å². The molecule has 0 spiro atoms. The molecule has 0 bridgehead atoms. The van der Waals surface area contributed by atoms with Crippen LogP contribution in [-0.2, 0) is 10.2 Å². The highest BCUT2D eigenvalue weighted by molar-refractivity contribution is 5.78. The monoisotopic (exact) mass is 341 g/mol. The third-order valence-corrected chi connectivity index (χ3v) is 4.37. The number of carbonyl (C=O) groups excluding carboxylic acids is 1. The summed E-state index contributed by atoms with van der Waals surface area (Å²) in [5, 5.41) is 9.11. The molecule has 1 aliphatic rings. The fourth-order valence-electron chi connectivity index (χ4n) is 2.84. The number of nitrogens with zero attached hydrogens (tertiary/aromatic N) is 1. The van der Waals surface area contributed by atoms with Crippen molar-refractivity contribution in [2.75, 3.05) is 26.3 Å². The first-order valence-corrected chi connectivity index (χ1v) is 8.14. The molecule has 2 rings (SSSR count). The molecular formula is C18H25F2NO3. The maximum Gasteiger partial charge on any atom is 0.260 e. The molecule has 4 nitrogen and oxygen atoms in total. The van der Waals surface area contributed by atoms with Gasteiger partial charge in [-0.3, -0.25) is 4.79 Å². The number of alkyl halides is 2. The van der Waals surface area contributed by atoms with E-state index in [1.807, 2.05) is 18.2 Å². The van der Waals surface area contributed by atoms with Crippen LogP contribution in [0, 0.1) is 5.92 Å². The molecule has 0 aromatic heterocycles. The van der Waals surface area contributed by atoms with E-state index in [-0.39, 0.29) is 31.0 Å². The standard InChI is InChI=1S/C18H25F2NO3/c1-17(2,3)14-6-4-5-7-15(14)24-12-16(23)21-9-8-18(19,20)13(10-21)11-22/h4-7,13,22H,8-12H2,1-3H3. The predicted octanol–water partition coefficient (Wildman–Crippen LogP) is 2.84. The highest BCUT2D eigenvalue weighted by atomic mass is 19.3. The molecule has 1 unspecified atom stereocenters. The van der Waals surface area contributed by atoms with Gasteiger partial charge in [0, 0.05) is 19.5 Å². The summed E-state index contributed by atoms with van der Waals surface area (Å²) in [6.07, 6.45) is -0.428. The lowest BCUT2D eigenvalue weighted by molar-refractivity contribution is -0.150. The van der Waals surface area contributed by atoms with Gasteiger partial charge < -0.3 is 14.7 Å². The van der Waals surface area contributed by atoms with Gasteiger partial charge in [-0.15, -0.1) is 0 Å². The van der Waals surface area contributed by atoms with Crippen molar-refractivity contribution < 1.29 is 23.4 Å². The van der Waals surface area contributed by atoms with E-state index < -0.39 is 24.9 Å². The van der Waals surface area contributed by atoms with Crippen molar-refractivity contribution in [2.24, 2.45) is 5.92 Å². The highest BCUT2D eigenvalue weighted by Crippen LogP contribution is 2.34. The number of hydrogen-bond donors (Lipinski definition) is 1. The van der Waals surface area contributed by atoms with Crippen molar-refractivity contribution in [1.82, 2.24) is 4.90 Å². The minimum absolute atomic E-state index is 0.0212. The second-order valence-electron chi connectivity index (χ2n) is 7.27. The number of amides is 1. The third-order valence-electron chi connectivity index (χ3n) is 4.37. The molecule has 1 atom stereocenters. The van der Waals surface area contributed by atoms with Crippen LogP contribution in [0.15, 0.2) is 24.3 Å². The van der Waals surface area contributed by atoms with Gasteiger partial charge in [-0.1, -0.05) is 39.0 Å². The SMILES string of the molecule is CC(C)(C)c1ccccc1OCC(=O)N1CCC(F)(F)C(CO)C1. The van der Waals surface area contributed by atoms with E-state index >= 15 is 0 Å². The third kappa shape index (κ3) is 4.23. The molecule has 1 amide bonds. The van der Waals surface area contributed by atoms with Gasteiger partial charge in [0.1, 0.15) is 5.75 Å². The number of aliphatic hydroxyl groups excluding tert-OH is 1. The Kier molecular flexibility index (Phi) is 5.48. The van der Waals surface area contributed by atoms with E-state index in [0.717, 1.165) is 5.56 Å². The van der Waals surface area contributed by atoms with Gasteiger partial charge in [0.2, 0.25) is 0 Å². The summed E-state index contributed by atoms with van der Waals surface area (Å²) in [6.45, 7) is 5.15. The summed E-state index contributed by atoms with van der Waals surface area (Å²) in [7, 11) is 0. The van der Waals surface area contributed by atoms with Crippen molar-refractivity contribution in [3.63, 3.8) is 0 Å². The van der Waals surface area contributed by atoms with Crippen LogP contribution in [0.3, 0.4) is 0 Å². The number of para-hydroxylation sites is 1. The molecule has 0 saturated carbocycles. The van der Waals surface area contributed by atoms with Crippen molar-refractivity contribution in [1.29, 1.82) is 0 Å². The Morgan fingerprint density at radius 3 is 2.67 bits per heavy atom. The zero-order chi connectivity index (χ0) is 18.0. The number of carbonyl (C=O) groups is 1. The average Bonchev–Trinajstić information content (AvgIpc) is 2.51. The molecule has 1 aliphatic heterocycles. The lowest BCUT2D eigenvalue weighted by Crippen LogP contribution is -2.51. The fraction of sp³-hybridized carbons (Fsp3) is 0.611. The molecule has 6 heteroatoms. The van der Waals surface area contributed by atoms with Gasteiger partial charge in [-0.25, -0.2) is 8.78 Å². The molecule has 1 heterocycles. The van der Waals surface area contributed by atoms with Gasteiger partial charge in [0.25, 0.3) is 11.8 Å². The second-order valence-corrected chi connectivity index (χ2v) is 7.27. The topological polar surface area (TPSA) is 49.8 Å². The number of rotatable bonds is 4. The van der Waals surface area contributed by atoms with E-state index in [4.69, 9.17) is 9.84 Å². The molecule has 0 aliphatic carbocycles. The molecule has 1 aromatic rings. The number of likely N-dealkylation sites (tertiary alicyclic amines) is 1. The summed E-state index contributed by atoms with van der Waals surface area (Å²) in [5.74, 6) is -3.85. The number of benzene rings is 1. The highest BCUT2D eigenvalue weighted by Gasteiger charge is 2.44. The molecule has 1 saturated heterocycles. The molecule has 1 aromatic carbocycles. The van der Waals surface area contributed by atoms with Gasteiger partial charge in [0.05, 0.1) is 12.5 Å². The van der Waals surface area contributed by atoms with E-state index in [2.05, 4.69) is 20.8 Å². The fourth-order valence-corrected chi connectivity index (χ4v) is 2.84. The lowest BCUT2D eigenvalue weighted by Gasteiger charge is -2.37. The molecule has 24 heavy (non-hydrogen) atoms. The number of ether oxygens (including phenoxy) is 1. The maximum atomic E-state index is 13.6. The first-order chi connectivity index (χ1) is 11.1. The second kappa shape index (κ2) is 7.05. The summed E-state index contributed by atoms with van der Waals surface area (Å²) in [6, 6.07) is 7.49. The Balaban J connectivity index is 2.00. The van der Waals surface area contributed by atoms with Crippen molar-refractivity contribution in [3.8, 4) is 5.75 Å². The first-order valence-electron chi connectivity index (χ1n) is 8.14. The quantitative estimate of drug-likeness (QED) is 0.916. The van der Waals surface area contributed by atoms with Crippen molar-refractivity contribution >= 4 is 5.91 Å². The number of aliphatic hydroxyl groups is 1.